The second-order valence-electron chi connectivity index (χ2n) is 7.30. The predicted octanol–water partition coefficient (Wildman–Crippen LogP) is 3.19. The number of hydrogen-bond donors (Lipinski definition) is 1. The van der Waals surface area contributed by atoms with E-state index in [0.717, 1.165) is 23.6 Å². The molecule has 1 atom stereocenters. The number of esters is 1. The Balaban J connectivity index is 2.65. The van der Waals surface area contributed by atoms with Gasteiger partial charge in [-0.3, -0.25) is 4.79 Å². The van der Waals surface area contributed by atoms with E-state index in [1.807, 2.05) is 6.92 Å². The molecule has 0 aliphatic rings. The Kier molecular flexibility index (Phi) is 9.59. The molecule has 0 heterocycles. The number of amides is 1. The lowest BCUT2D eigenvalue weighted by molar-refractivity contribution is -0.124. The summed E-state index contributed by atoms with van der Waals surface area (Å²) in [6.07, 6.45) is 2.97. The molecule has 0 spiro atoms. The lowest BCUT2D eigenvalue weighted by Crippen LogP contribution is -2.35. The summed E-state index contributed by atoms with van der Waals surface area (Å²) in [7, 11) is -0.922. The van der Waals surface area contributed by atoms with Gasteiger partial charge in [0.05, 0.1) is 10.5 Å². The van der Waals surface area contributed by atoms with Crippen molar-refractivity contribution in [2.45, 2.75) is 51.0 Å². The van der Waals surface area contributed by atoms with Gasteiger partial charge in [0.1, 0.15) is 0 Å². The number of halogens is 1. The van der Waals surface area contributed by atoms with Crippen LogP contribution in [0.1, 0.15) is 50.4 Å². The smallest absolute Gasteiger partial charge is 0.338 e. The van der Waals surface area contributed by atoms with Gasteiger partial charge in [-0.05, 0) is 53.4 Å². The van der Waals surface area contributed by atoms with Gasteiger partial charge in [0.2, 0.25) is 10.0 Å². The lowest BCUT2D eigenvalue weighted by Gasteiger charge is -2.15. The molecule has 1 aromatic rings. The molecule has 0 radical (unpaired) electrons. The number of ether oxygens (including phenoxy) is 1. The van der Waals surface area contributed by atoms with E-state index in [9.17, 15) is 18.0 Å². The maximum Gasteiger partial charge on any atom is 0.338 e. The quantitative estimate of drug-likeness (QED) is 0.523. The molecule has 9 heteroatoms. The summed E-state index contributed by atoms with van der Waals surface area (Å²) in [6, 6.07) is 4.13. The maximum atomic E-state index is 12.3. The minimum absolute atomic E-state index is 0.00512. The first-order valence-corrected chi connectivity index (χ1v) is 11.4. The fourth-order valence-electron chi connectivity index (χ4n) is 2.46. The summed E-state index contributed by atoms with van der Waals surface area (Å²) in [5.41, 5.74) is 0.0569. The van der Waals surface area contributed by atoms with Crippen molar-refractivity contribution < 1.29 is 22.7 Å². The van der Waals surface area contributed by atoms with Crippen LogP contribution in [0.3, 0.4) is 0 Å². The van der Waals surface area contributed by atoms with Crippen LogP contribution in [0.25, 0.3) is 0 Å². The van der Waals surface area contributed by atoms with Gasteiger partial charge < -0.3 is 10.1 Å². The third-order valence-electron chi connectivity index (χ3n) is 4.09. The Hall–Kier alpha value is -1.45. The van der Waals surface area contributed by atoms with Crippen molar-refractivity contribution in [2.24, 2.45) is 5.92 Å². The van der Waals surface area contributed by atoms with Crippen molar-refractivity contribution in [3.63, 3.8) is 0 Å². The molecular weight excluding hydrogens is 448 g/mol. The Morgan fingerprint density at radius 2 is 1.82 bits per heavy atom. The molecule has 0 aliphatic carbocycles. The highest BCUT2D eigenvalue weighted by atomic mass is 79.9. The summed E-state index contributed by atoms with van der Waals surface area (Å²) in [4.78, 5) is 24.1. The molecule has 0 bridgehead atoms. The molecule has 7 nitrogen and oxygen atoms in total. The van der Waals surface area contributed by atoms with Crippen LogP contribution in [0, 0.1) is 5.92 Å². The van der Waals surface area contributed by atoms with Crippen molar-refractivity contribution >= 4 is 37.8 Å². The molecule has 0 aromatic heterocycles. The van der Waals surface area contributed by atoms with Crippen LogP contribution in [0.15, 0.2) is 27.6 Å². The number of benzene rings is 1. The highest BCUT2D eigenvalue weighted by Crippen LogP contribution is 2.25. The molecular formula is C19H29BrN2O5S. The first kappa shape index (κ1) is 24.6. The zero-order valence-corrected chi connectivity index (χ0v) is 19.4. The minimum Gasteiger partial charge on any atom is -0.452 e. The van der Waals surface area contributed by atoms with Crippen molar-refractivity contribution in [3.8, 4) is 0 Å². The van der Waals surface area contributed by atoms with Crippen LogP contribution in [0.4, 0.5) is 0 Å². The van der Waals surface area contributed by atoms with Gasteiger partial charge in [0, 0.05) is 24.6 Å². The number of sulfonamides is 1. The SMILES string of the molecule is CC(C)CCCC(C)NC(=O)COC(=O)c1ccc(Br)c(S(=O)(=O)N(C)C)c1. The number of hydrogen-bond acceptors (Lipinski definition) is 5. The van der Waals surface area contributed by atoms with E-state index in [-0.39, 0.29) is 22.4 Å². The van der Waals surface area contributed by atoms with Crippen LogP contribution in [-0.2, 0) is 19.6 Å². The molecule has 0 saturated heterocycles. The van der Waals surface area contributed by atoms with Gasteiger partial charge in [-0.1, -0.05) is 26.7 Å². The van der Waals surface area contributed by atoms with Crippen molar-refractivity contribution in [1.29, 1.82) is 0 Å². The van der Waals surface area contributed by atoms with Crippen LogP contribution in [-0.4, -0.2) is 51.3 Å². The first-order chi connectivity index (χ1) is 12.9. The minimum atomic E-state index is -3.73. The molecule has 28 heavy (non-hydrogen) atoms. The lowest BCUT2D eigenvalue weighted by atomic mass is 10.0. The second-order valence-corrected chi connectivity index (χ2v) is 10.3. The van der Waals surface area contributed by atoms with Crippen LogP contribution in [0.5, 0.6) is 0 Å². The zero-order valence-electron chi connectivity index (χ0n) is 17.0. The Morgan fingerprint density at radius 1 is 1.18 bits per heavy atom. The summed E-state index contributed by atoms with van der Waals surface area (Å²) in [6.45, 7) is 5.80. The summed E-state index contributed by atoms with van der Waals surface area (Å²) in [5, 5.41) is 2.79. The highest BCUT2D eigenvalue weighted by molar-refractivity contribution is 9.10. The van der Waals surface area contributed by atoms with Crippen molar-refractivity contribution in [3.05, 3.63) is 28.2 Å². The third-order valence-corrected chi connectivity index (χ3v) is 6.89. The number of rotatable bonds is 10. The fourth-order valence-corrected chi connectivity index (χ4v) is 4.30. The van der Waals surface area contributed by atoms with Crippen LogP contribution < -0.4 is 5.32 Å². The number of nitrogens with zero attached hydrogens (tertiary/aromatic N) is 1. The Morgan fingerprint density at radius 3 is 2.39 bits per heavy atom. The molecule has 1 N–H and O–H groups in total. The molecule has 158 valence electrons. The summed E-state index contributed by atoms with van der Waals surface area (Å²) >= 11 is 3.18. The predicted molar refractivity (Wildman–Crippen MR) is 112 cm³/mol. The molecule has 0 saturated carbocycles. The zero-order chi connectivity index (χ0) is 21.5. The Bertz CT molecular complexity index is 794. The number of carbonyl (C=O) groups excluding carboxylic acids is 2. The third kappa shape index (κ3) is 7.52. The monoisotopic (exact) mass is 476 g/mol. The molecule has 1 amide bonds. The number of nitrogens with one attached hydrogen (secondary N) is 1. The van der Waals surface area contributed by atoms with Gasteiger partial charge in [0.15, 0.2) is 6.61 Å². The molecule has 1 rings (SSSR count). The van der Waals surface area contributed by atoms with Gasteiger partial charge in [-0.15, -0.1) is 0 Å². The molecule has 1 unspecified atom stereocenters. The van der Waals surface area contributed by atoms with Gasteiger partial charge in [0.25, 0.3) is 5.91 Å². The summed E-state index contributed by atoms with van der Waals surface area (Å²) < 4.78 is 31.1. The summed E-state index contributed by atoms with van der Waals surface area (Å²) in [5.74, 6) is -0.523. The standard InChI is InChI=1S/C19H29BrN2O5S/c1-13(2)7-6-8-14(3)21-18(23)12-27-19(24)15-9-10-16(20)17(11-15)28(25,26)22(4)5/h9-11,13-14H,6-8,12H2,1-5H3,(H,21,23). The molecule has 0 aliphatic heterocycles. The number of carbonyl (C=O) groups is 2. The topological polar surface area (TPSA) is 92.8 Å². The normalized spacial score (nSPS) is 12.9. The maximum absolute atomic E-state index is 12.3. The molecule has 1 aromatic carbocycles. The van der Waals surface area contributed by atoms with Crippen LogP contribution in [0.2, 0.25) is 0 Å². The van der Waals surface area contributed by atoms with Crippen LogP contribution >= 0.6 is 15.9 Å². The first-order valence-electron chi connectivity index (χ1n) is 9.13. The van der Waals surface area contributed by atoms with E-state index in [0.29, 0.717) is 10.4 Å². The highest BCUT2D eigenvalue weighted by Gasteiger charge is 2.23. The fraction of sp³-hybridized carbons (Fsp3) is 0.579. The van der Waals surface area contributed by atoms with Gasteiger partial charge in [-0.2, -0.15) is 0 Å². The van der Waals surface area contributed by atoms with E-state index in [1.165, 1.54) is 32.3 Å². The van der Waals surface area contributed by atoms with E-state index in [4.69, 9.17) is 4.74 Å². The Labute approximate surface area is 176 Å². The second kappa shape index (κ2) is 10.9. The largest absolute Gasteiger partial charge is 0.452 e. The molecule has 0 fully saturated rings. The average Bonchev–Trinajstić information content (AvgIpc) is 2.59. The van der Waals surface area contributed by atoms with Gasteiger partial charge >= 0.3 is 5.97 Å². The van der Waals surface area contributed by atoms with Gasteiger partial charge in [-0.25, -0.2) is 17.5 Å². The van der Waals surface area contributed by atoms with E-state index in [1.54, 1.807) is 0 Å². The van der Waals surface area contributed by atoms with E-state index >= 15 is 0 Å². The van der Waals surface area contributed by atoms with E-state index in [2.05, 4.69) is 35.1 Å². The van der Waals surface area contributed by atoms with E-state index < -0.39 is 22.6 Å². The van der Waals surface area contributed by atoms with Crippen molar-refractivity contribution in [2.75, 3.05) is 20.7 Å². The van der Waals surface area contributed by atoms with Crippen molar-refractivity contribution in [1.82, 2.24) is 9.62 Å². The average molecular weight is 477 g/mol.